The van der Waals surface area contributed by atoms with Crippen molar-refractivity contribution < 1.29 is 9.32 Å². The molecule has 2 N–H and O–H groups in total. The van der Waals surface area contributed by atoms with Gasteiger partial charge in [-0.15, -0.1) is 0 Å². The van der Waals surface area contributed by atoms with Gasteiger partial charge in [-0.05, 0) is 55.2 Å². The molecule has 1 amide bonds. The predicted octanol–water partition coefficient (Wildman–Crippen LogP) is 5.19. The second-order valence-corrected chi connectivity index (χ2v) is 7.98. The molecule has 0 atom stereocenters. The van der Waals surface area contributed by atoms with Crippen molar-refractivity contribution in [2.75, 3.05) is 10.6 Å². The highest BCUT2D eigenvalue weighted by Gasteiger charge is 2.14. The van der Waals surface area contributed by atoms with Crippen molar-refractivity contribution in [1.82, 2.24) is 15.1 Å². The minimum atomic E-state index is -0.364. The maximum atomic E-state index is 11.9. The molecule has 0 saturated carbocycles. The van der Waals surface area contributed by atoms with Crippen LogP contribution in [0.4, 0.5) is 11.5 Å². The topological polar surface area (TPSA) is 117 Å². The lowest BCUT2D eigenvalue weighted by Crippen LogP contribution is -2.14. The van der Waals surface area contributed by atoms with Crippen molar-refractivity contribution in [1.29, 1.82) is 5.26 Å². The molecule has 0 radical (unpaired) electrons. The molecule has 0 aliphatic rings. The van der Waals surface area contributed by atoms with Gasteiger partial charge in [-0.2, -0.15) is 10.2 Å². The van der Waals surface area contributed by atoms with Gasteiger partial charge in [-0.25, -0.2) is 4.98 Å². The van der Waals surface area contributed by atoms with Gasteiger partial charge >= 0.3 is 0 Å². The third-order valence-electron chi connectivity index (χ3n) is 5.32. The molecule has 34 heavy (non-hydrogen) atoms. The normalized spacial score (nSPS) is 10.5. The van der Waals surface area contributed by atoms with Gasteiger partial charge in [-0.1, -0.05) is 47.1 Å². The lowest BCUT2D eigenvalue weighted by atomic mass is 9.96. The fourth-order valence-corrected chi connectivity index (χ4v) is 3.58. The van der Waals surface area contributed by atoms with Gasteiger partial charge in [0.25, 0.3) is 5.89 Å². The Labute approximate surface area is 197 Å². The zero-order chi connectivity index (χ0) is 24.1. The molecule has 0 bridgehead atoms. The van der Waals surface area contributed by atoms with Crippen LogP contribution in [0.15, 0.2) is 59.3 Å². The zero-order valence-electron chi connectivity index (χ0n) is 19.2. The summed E-state index contributed by atoms with van der Waals surface area (Å²) < 4.78 is 5.40. The van der Waals surface area contributed by atoms with Crippen LogP contribution in [0.25, 0.3) is 22.6 Å². The van der Waals surface area contributed by atoms with Gasteiger partial charge in [0.15, 0.2) is 5.82 Å². The fourth-order valence-electron chi connectivity index (χ4n) is 3.58. The number of benzene rings is 2. The zero-order valence-corrected chi connectivity index (χ0v) is 19.2. The Morgan fingerprint density at radius 3 is 2.56 bits per heavy atom. The number of anilines is 2. The molecule has 4 rings (SSSR count). The standard InChI is InChI=1S/C26H24N6O2/c1-16-4-9-21(26-30-18(3)32-34-26)22(14-16)20-7-5-19(6-8-20)15-29-25-24(17(2)11-13-28-25)31-23(33)10-12-27/h4-9,11,13-14H,10,15H2,1-3H3,(H,28,29)(H,31,33). The first-order chi connectivity index (χ1) is 16.4. The molecule has 2 heterocycles. The molecule has 8 heteroatoms. The van der Waals surface area contributed by atoms with Crippen molar-refractivity contribution in [3.05, 3.63) is 77.2 Å². The second kappa shape index (κ2) is 9.96. The average Bonchev–Trinajstić information content (AvgIpc) is 3.26. The Kier molecular flexibility index (Phi) is 6.64. The lowest BCUT2D eigenvalue weighted by Gasteiger charge is -2.14. The van der Waals surface area contributed by atoms with Gasteiger partial charge in [0.2, 0.25) is 5.91 Å². The number of aromatic nitrogens is 3. The van der Waals surface area contributed by atoms with E-state index in [0.717, 1.165) is 33.4 Å². The first-order valence-corrected chi connectivity index (χ1v) is 10.8. The summed E-state index contributed by atoms with van der Waals surface area (Å²) in [4.78, 5) is 20.7. The van der Waals surface area contributed by atoms with E-state index >= 15 is 0 Å². The third kappa shape index (κ3) is 5.10. The number of amides is 1. The quantitative estimate of drug-likeness (QED) is 0.396. The largest absolute Gasteiger partial charge is 0.364 e. The highest BCUT2D eigenvalue weighted by Crippen LogP contribution is 2.32. The number of hydrogen-bond acceptors (Lipinski definition) is 7. The number of aryl methyl sites for hydroxylation is 3. The summed E-state index contributed by atoms with van der Waals surface area (Å²) in [6.07, 6.45) is 1.47. The first kappa shape index (κ1) is 22.7. The van der Waals surface area contributed by atoms with E-state index < -0.39 is 0 Å². The first-order valence-electron chi connectivity index (χ1n) is 10.8. The highest BCUT2D eigenvalue weighted by atomic mass is 16.5. The third-order valence-corrected chi connectivity index (χ3v) is 5.32. The van der Waals surface area contributed by atoms with Crippen molar-refractivity contribution in [3.63, 3.8) is 0 Å². The summed E-state index contributed by atoms with van der Waals surface area (Å²) in [5.41, 5.74) is 6.57. The minimum absolute atomic E-state index is 0.209. The second-order valence-electron chi connectivity index (χ2n) is 7.98. The van der Waals surface area contributed by atoms with Crippen LogP contribution in [0.5, 0.6) is 0 Å². The van der Waals surface area contributed by atoms with E-state index in [0.29, 0.717) is 29.8 Å². The summed E-state index contributed by atoms with van der Waals surface area (Å²) in [6.45, 7) is 6.24. The fraction of sp³-hybridized carbons (Fsp3) is 0.192. The molecular weight excluding hydrogens is 428 g/mol. The Hall–Kier alpha value is -4.51. The molecule has 2 aromatic carbocycles. The van der Waals surface area contributed by atoms with E-state index in [2.05, 4.69) is 44.0 Å². The van der Waals surface area contributed by atoms with Crippen LogP contribution in [0.2, 0.25) is 0 Å². The molecule has 8 nitrogen and oxygen atoms in total. The van der Waals surface area contributed by atoms with Gasteiger partial charge in [0.1, 0.15) is 12.2 Å². The van der Waals surface area contributed by atoms with E-state index in [1.165, 1.54) is 0 Å². The summed E-state index contributed by atoms with van der Waals surface area (Å²) in [6, 6.07) is 18.0. The van der Waals surface area contributed by atoms with Crippen LogP contribution >= 0.6 is 0 Å². The van der Waals surface area contributed by atoms with E-state index in [1.54, 1.807) is 13.1 Å². The predicted molar refractivity (Wildman–Crippen MR) is 130 cm³/mol. The molecule has 0 aliphatic carbocycles. The Balaban J connectivity index is 1.54. The molecule has 4 aromatic rings. The van der Waals surface area contributed by atoms with Crippen LogP contribution < -0.4 is 10.6 Å². The van der Waals surface area contributed by atoms with Crippen LogP contribution in [-0.2, 0) is 11.3 Å². The Morgan fingerprint density at radius 1 is 1.06 bits per heavy atom. The number of carbonyl (C=O) groups excluding carboxylic acids is 1. The number of pyridine rings is 1. The van der Waals surface area contributed by atoms with Gasteiger partial charge in [-0.3, -0.25) is 4.79 Å². The molecular formula is C26H24N6O2. The van der Waals surface area contributed by atoms with E-state index in [4.69, 9.17) is 9.78 Å². The van der Waals surface area contributed by atoms with Crippen LogP contribution in [-0.4, -0.2) is 21.0 Å². The molecule has 0 unspecified atom stereocenters. The van der Waals surface area contributed by atoms with Crippen LogP contribution in [0, 0.1) is 32.1 Å². The minimum Gasteiger partial charge on any atom is -0.364 e. The summed E-state index contributed by atoms with van der Waals surface area (Å²) in [5, 5.41) is 18.7. The SMILES string of the molecule is Cc1ccc(-c2nc(C)no2)c(-c2ccc(CNc3nccc(C)c3NC(=O)CC#N)cc2)c1. The summed E-state index contributed by atoms with van der Waals surface area (Å²) in [5.74, 6) is 1.28. The van der Waals surface area contributed by atoms with Crippen LogP contribution in [0.3, 0.4) is 0 Å². The van der Waals surface area contributed by atoms with Gasteiger partial charge < -0.3 is 15.2 Å². The Bertz CT molecular complexity index is 1370. The molecule has 0 saturated heterocycles. The van der Waals surface area contributed by atoms with Gasteiger partial charge in [0, 0.05) is 18.3 Å². The molecule has 2 aromatic heterocycles. The number of nitrogens with one attached hydrogen (secondary N) is 2. The highest BCUT2D eigenvalue weighted by molar-refractivity contribution is 5.95. The number of rotatable bonds is 7. The van der Waals surface area contributed by atoms with E-state index in [1.807, 2.05) is 50.2 Å². The smallest absolute Gasteiger partial charge is 0.258 e. The van der Waals surface area contributed by atoms with E-state index in [-0.39, 0.29) is 12.3 Å². The van der Waals surface area contributed by atoms with Crippen molar-refractivity contribution >= 4 is 17.4 Å². The van der Waals surface area contributed by atoms with Crippen LogP contribution in [0.1, 0.15) is 28.9 Å². The van der Waals surface area contributed by atoms with Crippen molar-refractivity contribution in [3.8, 4) is 28.7 Å². The Morgan fingerprint density at radius 2 is 1.85 bits per heavy atom. The maximum Gasteiger partial charge on any atom is 0.258 e. The number of nitrogens with zero attached hydrogens (tertiary/aromatic N) is 4. The number of hydrogen-bond donors (Lipinski definition) is 2. The van der Waals surface area contributed by atoms with Crippen molar-refractivity contribution in [2.45, 2.75) is 33.7 Å². The molecule has 0 aliphatic heterocycles. The number of nitriles is 1. The monoisotopic (exact) mass is 452 g/mol. The maximum absolute atomic E-state index is 11.9. The summed E-state index contributed by atoms with van der Waals surface area (Å²) in [7, 11) is 0. The average molecular weight is 453 g/mol. The lowest BCUT2D eigenvalue weighted by molar-refractivity contribution is -0.115. The summed E-state index contributed by atoms with van der Waals surface area (Å²) >= 11 is 0. The van der Waals surface area contributed by atoms with Gasteiger partial charge in [0.05, 0.1) is 11.8 Å². The van der Waals surface area contributed by atoms with Crippen molar-refractivity contribution in [2.24, 2.45) is 0 Å². The molecule has 0 fully saturated rings. The number of carbonyl (C=O) groups is 1. The molecule has 170 valence electrons. The van der Waals surface area contributed by atoms with E-state index in [9.17, 15) is 4.79 Å². The molecule has 0 spiro atoms.